The molecule has 0 fully saturated rings. The standard InChI is InChI=1S/C27H20F26O4/c28-16(29,18(32,33)20(36,37)22(40,41)24(44,45)26(48,49)50)7-1-3-9-56-13-6-5-12(15(54)55)11-14(13)57-10-4-2-8-17(30,31)19(34,35)21(38,39)23(42,43)25(46,47)27(51,52)53/h5-6,11H,1-4,7-10H2,(H,54,55). The summed E-state index contributed by atoms with van der Waals surface area (Å²) in [5, 5.41) is 9.07. The molecule has 0 aromatic heterocycles. The number of ether oxygens (including phenoxy) is 2. The number of hydrogen-bond acceptors (Lipinski definition) is 3. The lowest BCUT2D eigenvalue weighted by atomic mass is 9.92. The third-order valence-corrected chi connectivity index (χ3v) is 7.47. The molecule has 0 saturated heterocycles. The zero-order valence-electron chi connectivity index (χ0n) is 26.9. The van der Waals surface area contributed by atoms with Crippen molar-refractivity contribution in [3.63, 3.8) is 0 Å². The summed E-state index contributed by atoms with van der Waals surface area (Å²) in [7, 11) is 0. The first-order chi connectivity index (χ1) is 25.0. The molecule has 0 aliphatic carbocycles. The summed E-state index contributed by atoms with van der Waals surface area (Å²) in [6.45, 7) is -2.16. The van der Waals surface area contributed by atoms with E-state index in [1.165, 1.54) is 0 Å². The second kappa shape index (κ2) is 15.9. The van der Waals surface area contributed by atoms with E-state index in [0.29, 0.717) is 18.2 Å². The Morgan fingerprint density at radius 2 is 0.719 bits per heavy atom. The fraction of sp³-hybridized carbons (Fsp3) is 0.741. The van der Waals surface area contributed by atoms with E-state index in [4.69, 9.17) is 14.6 Å². The largest absolute Gasteiger partial charge is 0.490 e. The highest BCUT2D eigenvalue weighted by Gasteiger charge is 2.92. The Morgan fingerprint density at radius 3 is 1.02 bits per heavy atom. The summed E-state index contributed by atoms with van der Waals surface area (Å²) in [6, 6.07) is 1.80. The van der Waals surface area contributed by atoms with Gasteiger partial charge in [0.2, 0.25) is 0 Å². The van der Waals surface area contributed by atoms with Gasteiger partial charge in [-0.2, -0.15) is 114 Å². The summed E-state index contributed by atoms with van der Waals surface area (Å²) >= 11 is 0. The van der Waals surface area contributed by atoms with Crippen molar-refractivity contribution in [3.8, 4) is 11.5 Å². The molecule has 1 rings (SSSR count). The van der Waals surface area contributed by atoms with Gasteiger partial charge >= 0.3 is 77.5 Å². The molecule has 1 aromatic carbocycles. The van der Waals surface area contributed by atoms with Crippen molar-refractivity contribution < 1.29 is 134 Å². The average Bonchev–Trinajstić information content (AvgIpc) is 3.02. The van der Waals surface area contributed by atoms with E-state index in [0.717, 1.165) is 0 Å². The summed E-state index contributed by atoms with van der Waals surface area (Å²) < 4.78 is 354. The Balaban J connectivity index is 3.02. The predicted molar refractivity (Wildman–Crippen MR) is 134 cm³/mol. The molecule has 4 nitrogen and oxygen atoms in total. The van der Waals surface area contributed by atoms with E-state index in [-0.39, 0.29) is 0 Å². The van der Waals surface area contributed by atoms with Crippen molar-refractivity contribution in [2.45, 2.75) is 110 Å². The molecule has 30 heteroatoms. The zero-order valence-corrected chi connectivity index (χ0v) is 26.9. The lowest BCUT2D eigenvalue weighted by Crippen LogP contribution is -2.70. The van der Waals surface area contributed by atoms with Crippen molar-refractivity contribution in [2.75, 3.05) is 13.2 Å². The molecule has 0 atom stereocenters. The van der Waals surface area contributed by atoms with Crippen molar-refractivity contribution in [3.05, 3.63) is 23.8 Å². The van der Waals surface area contributed by atoms with Crippen LogP contribution in [0.5, 0.6) is 11.5 Å². The number of aromatic carboxylic acids is 1. The first-order valence-electron chi connectivity index (χ1n) is 14.5. The smallest absolute Gasteiger partial charge is 0.460 e. The molecule has 0 spiro atoms. The van der Waals surface area contributed by atoms with E-state index in [1.807, 2.05) is 0 Å². The van der Waals surface area contributed by atoms with Gasteiger partial charge in [0.05, 0.1) is 18.8 Å². The molecular weight excluding hydrogens is 882 g/mol. The molecule has 0 aliphatic rings. The summed E-state index contributed by atoms with van der Waals surface area (Å²) in [5.41, 5.74) is -0.738. The van der Waals surface area contributed by atoms with Crippen molar-refractivity contribution >= 4 is 5.97 Å². The maximum absolute atomic E-state index is 14.0. The highest BCUT2D eigenvalue weighted by Crippen LogP contribution is 2.62. The molecule has 0 amide bonds. The lowest BCUT2D eigenvalue weighted by molar-refractivity contribution is -0.440. The van der Waals surface area contributed by atoms with Gasteiger partial charge in [0, 0.05) is 12.8 Å². The van der Waals surface area contributed by atoms with Gasteiger partial charge < -0.3 is 14.6 Å². The van der Waals surface area contributed by atoms with E-state index < -0.39 is 146 Å². The molecule has 0 radical (unpaired) electrons. The molecule has 1 aromatic rings. The van der Waals surface area contributed by atoms with E-state index in [1.54, 1.807) is 0 Å². The molecule has 1 N–H and O–H groups in total. The van der Waals surface area contributed by atoms with Crippen molar-refractivity contribution in [2.24, 2.45) is 0 Å². The minimum atomic E-state index is -8.14. The molecule has 57 heavy (non-hydrogen) atoms. The fourth-order valence-electron chi connectivity index (χ4n) is 4.05. The van der Waals surface area contributed by atoms with Gasteiger partial charge in [-0.25, -0.2) is 4.79 Å². The number of rotatable bonds is 21. The Morgan fingerprint density at radius 1 is 0.421 bits per heavy atom. The van der Waals surface area contributed by atoms with Gasteiger partial charge in [-0.3, -0.25) is 0 Å². The maximum Gasteiger partial charge on any atom is 0.460 e. The van der Waals surface area contributed by atoms with Gasteiger partial charge in [0.1, 0.15) is 0 Å². The van der Waals surface area contributed by atoms with Crippen LogP contribution in [0, 0.1) is 0 Å². The van der Waals surface area contributed by atoms with Crippen LogP contribution in [0.4, 0.5) is 114 Å². The van der Waals surface area contributed by atoms with Crippen LogP contribution in [0.3, 0.4) is 0 Å². The second-order valence-electron chi connectivity index (χ2n) is 11.6. The highest BCUT2D eigenvalue weighted by molar-refractivity contribution is 5.88. The van der Waals surface area contributed by atoms with Crippen molar-refractivity contribution in [1.82, 2.24) is 0 Å². The van der Waals surface area contributed by atoms with Gasteiger partial charge in [-0.05, 0) is 43.9 Å². The minimum absolute atomic E-state index is 0.498. The molecule has 0 unspecified atom stereocenters. The van der Waals surface area contributed by atoms with E-state index in [2.05, 4.69) is 0 Å². The Bertz CT molecular complexity index is 1530. The second-order valence-corrected chi connectivity index (χ2v) is 11.6. The molecule has 0 saturated carbocycles. The van der Waals surface area contributed by atoms with Crippen LogP contribution in [0.15, 0.2) is 18.2 Å². The van der Waals surface area contributed by atoms with Gasteiger partial charge in [0.15, 0.2) is 11.5 Å². The minimum Gasteiger partial charge on any atom is -0.490 e. The summed E-state index contributed by atoms with van der Waals surface area (Å²) in [5.74, 6) is -79.6. The third kappa shape index (κ3) is 9.06. The number of benzene rings is 1. The Labute approximate surface area is 299 Å². The lowest BCUT2D eigenvalue weighted by Gasteiger charge is -2.39. The number of unbranched alkanes of at least 4 members (excludes halogenated alkanes) is 2. The van der Waals surface area contributed by atoms with Crippen LogP contribution in [0.1, 0.15) is 48.9 Å². The van der Waals surface area contributed by atoms with Crippen LogP contribution in [-0.4, -0.2) is 95.9 Å². The van der Waals surface area contributed by atoms with Gasteiger partial charge in [-0.15, -0.1) is 0 Å². The quantitative estimate of drug-likeness (QED) is 0.0986. The van der Waals surface area contributed by atoms with Crippen LogP contribution >= 0.6 is 0 Å². The average molecular weight is 902 g/mol. The molecule has 0 heterocycles. The monoisotopic (exact) mass is 902 g/mol. The number of carboxylic acids is 1. The first kappa shape index (κ1) is 51.5. The fourth-order valence-corrected chi connectivity index (χ4v) is 4.05. The predicted octanol–water partition coefficient (Wildman–Crippen LogP) is 12.0. The Kier molecular flexibility index (Phi) is 14.4. The number of halogens is 26. The third-order valence-electron chi connectivity index (χ3n) is 7.47. The van der Waals surface area contributed by atoms with Crippen LogP contribution in [-0.2, 0) is 0 Å². The SMILES string of the molecule is O=C(O)c1ccc(OCCCCC(F)(F)C(F)(F)C(F)(F)C(F)(F)C(F)(F)C(F)(F)F)c(OCCCCC(F)(F)C(F)(F)C(F)(F)C(F)(F)C(F)(F)C(F)(F)F)c1. The highest BCUT2D eigenvalue weighted by atomic mass is 19.4. The van der Waals surface area contributed by atoms with Gasteiger partial charge in [-0.1, -0.05) is 0 Å². The van der Waals surface area contributed by atoms with Crippen LogP contribution in [0.25, 0.3) is 0 Å². The van der Waals surface area contributed by atoms with Crippen molar-refractivity contribution in [1.29, 1.82) is 0 Å². The number of carbonyl (C=O) groups is 1. The molecular formula is C27H20F26O4. The van der Waals surface area contributed by atoms with Crippen LogP contribution < -0.4 is 9.47 Å². The number of alkyl halides is 26. The topological polar surface area (TPSA) is 55.8 Å². The normalized spacial score (nSPS) is 15.2. The molecule has 334 valence electrons. The summed E-state index contributed by atoms with van der Waals surface area (Å²) in [6.07, 6.45) is -25.6. The molecule has 0 aliphatic heterocycles. The molecule has 0 bridgehead atoms. The summed E-state index contributed by atoms with van der Waals surface area (Å²) in [4.78, 5) is 11.2. The first-order valence-corrected chi connectivity index (χ1v) is 14.5. The Hall–Kier alpha value is -3.53. The van der Waals surface area contributed by atoms with E-state index in [9.17, 15) is 119 Å². The number of hydrogen-bond donors (Lipinski definition) is 1. The van der Waals surface area contributed by atoms with E-state index >= 15 is 0 Å². The maximum atomic E-state index is 14.0. The number of carboxylic acid groups (broad SMARTS) is 1. The van der Waals surface area contributed by atoms with Crippen LogP contribution in [0.2, 0.25) is 0 Å². The zero-order chi connectivity index (χ0) is 45.5. The van der Waals surface area contributed by atoms with Gasteiger partial charge in [0.25, 0.3) is 0 Å².